The molecule has 4 aromatic heterocycles. The van der Waals surface area contributed by atoms with Crippen molar-refractivity contribution in [2.45, 2.75) is 6.92 Å². The number of nitrogens with zero attached hydrogens (tertiary/aromatic N) is 5. The number of rotatable bonds is 6. The lowest BCUT2D eigenvalue weighted by atomic mass is 9.99. The monoisotopic (exact) mass is 727 g/mol. The van der Waals surface area contributed by atoms with E-state index in [2.05, 4.69) is 142 Å². The summed E-state index contributed by atoms with van der Waals surface area (Å²) < 4.78 is 4.86. The summed E-state index contributed by atoms with van der Waals surface area (Å²) in [4.78, 5) is 14.9. The summed E-state index contributed by atoms with van der Waals surface area (Å²) in [6, 6.07) is 56.1. The molecule has 0 radical (unpaired) electrons. The molecule has 0 atom stereocenters. The Balaban J connectivity index is 1.15. The standard InChI is InChI=1S/C52H33N5/c1-3-5-16-33(4-2)50-53-51(34-17-8-6-9-18-34)55-52(54-50)37-20-14-19-35(31-37)36-27-28-44-42(32-36)48-45(56(44)38-21-10-7-11-22-38)29-30-46-47(48)41-25-15-24-40-39-23-12-13-26-43(39)57(46)49(40)41/h1,4-32H,2H3/b16-5-,33-4+. The second kappa shape index (κ2) is 12.9. The lowest BCUT2D eigenvalue weighted by Gasteiger charge is -2.10. The SMILES string of the molecule is C#C/C=C\C(=C/C)c1nc(-c2ccccc2)nc(-c2cccc(-c3ccc4c(c3)c3c5c6cccc7c8ccccc8n(c5ccc3n4-c3ccccc3)c76)c2)n1. The topological polar surface area (TPSA) is 48.0 Å². The predicted octanol–water partition coefficient (Wildman–Crippen LogP) is 12.7. The molecule has 0 N–H and O–H groups in total. The number of terminal acetylenes is 1. The first-order valence-electron chi connectivity index (χ1n) is 19.1. The fraction of sp³-hybridized carbons (Fsp3) is 0.0192. The van der Waals surface area contributed by atoms with Crippen LogP contribution in [0.25, 0.3) is 105 Å². The molecule has 7 aromatic carbocycles. The quantitative estimate of drug-likeness (QED) is 0.127. The Morgan fingerprint density at radius 1 is 0.526 bits per heavy atom. The zero-order chi connectivity index (χ0) is 38.0. The molecule has 5 nitrogen and oxygen atoms in total. The minimum Gasteiger partial charge on any atom is -0.309 e. The van der Waals surface area contributed by atoms with Crippen molar-refractivity contribution in [3.05, 3.63) is 182 Å². The molecule has 0 fully saturated rings. The smallest absolute Gasteiger partial charge is 0.164 e. The van der Waals surface area contributed by atoms with Gasteiger partial charge in [-0.05, 0) is 78.7 Å². The van der Waals surface area contributed by atoms with E-state index < -0.39 is 0 Å². The Morgan fingerprint density at radius 3 is 1.98 bits per heavy atom. The minimum absolute atomic E-state index is 0.565. The van der Waals surface area contributed by atoms with Crippen LogP contribution in [0.5, 0.6) is 0 Å². The lowest BCUT2D eigenvalue weighted by molar-refractivity contribution is 1.04. The first-order chi connectivity index (χ1) is 28.2. The summed E-state index contributed by atoms with van der Waals surface area (Å²) in [6.45, 7) is 1.96. The van der Waals surface area contributed by atoms with E-state index in [9.17, 15) is 0 Å². The van der Waals surface area contributed by atoms with Crippen molar-refractivity contribution in [1.29, 1.82) is 0 Å². The molecule has 266 valence electrons. The first-order valence-corrected chi connectivity index (χ1v) is 19.1. The average molecular weight is 728 g/mol. The number of benzene rings is 7. The molecule has 11 rings (SSSR count). The van der Waals surface area contributed by atoms with Crippen molar-refractivity contribution in [2.75, 3.05) is 0 Å². The number of allylic oxidation sites excluding steroid dienone is 4. The van der Waals surface area contributed by atoms with Crippen molar-refractivity contribution in [2.24, 2.45) is 0 Å². The Hall–Kier alpha value is -7.81. The number of hydrogen-bond donors (Lipinski definition) is 0. The maximum atomic E-state index is 5.58. The summed E-state index contributed by atoms with van der Waals surface area (Å²) in [5.74, 6) is 4.35. The number of aromatic nitrogens is 5. The third kappa shape index (κ3) is 5.01. The lowest BCUT2D eigenvalue weighted by Crippen LogP contribution is -2.02. The molecule has 57 heavy (non-hydrogen) atoms. The minimum atomic E-state index is 0.565. The maximum Gasteiger partial charge on any atom is 0.164 e. The third-order valence-corrected chi connectivity index (χ3v) is 11.2. The van der Waals surface area contributed by atoms with Crippen LogP contribution in [0.15, 0.2) is 176 Å². The van der Waals surface area contributed by atoms with Crippen LogP contribution in [0.4, 0.5) is 0 Å². The summed E-state index contributed by atoms with van der Waals surface area (Å²) in [7, 11) is 0. The van der Waals surface area contributed by atoms with E-state index in [4.69, 9.17) is 21.4 Å². The molecule has 4 heterocycles. The summed E-state index contributed by atoms with van der Waals surface area (Å²) in [5.41, 5.74) is 12.0. The molecule has 0 saturated carbocycles. The fourth-order valence-electron chi connectivity index (χ4n) is 8.69. The molecule has 5 heteroatoms. The van der Waals surface area contributed by atoms with E-state index in [-0.39, 0.29) is 0 Å². The Morgan fingerprint density at radius 2 is 1.16 bits per heavy atom. The first kappa shape index (κ1) is 32.6. The van der Waals surface area contributed by atoms with E-state index in [1.54, 1.807) is 6.08 Å². The van der Waals surface area contributed by atoms with Gasteiger partial charge in [-0.1, -0.05) is 121 Å². The van der Waals surface area contributed by atoms with Crippen LogP contribution in [-0.2, 0) is 0 Å². The van der Waals surface area contributed by atoms with Gasteiger partial charge >= 0.3 is 0 Å². The average Bonchev–Trinajstić information content (AvgIpc) is 3.92. The third-order valence-electron chi connectivity index (χ3n) is 11.2. The second-order valence-corrected chi connectivity index (χ2v) is 14.3. The fourth-order valence-corrected chi connectivity index (χ4v) is 8.69. The second-order valence-electron chi connectivity index (χ2n) is 14.3. The highest BCUT2D eigenvalue weighted by atomic mass is 15.0. The van der Waals surface area contributed by atoms with Gasteiger partial charge in [-0.2, -0.15) is 0 Å². The Labute approximate surface area is 328 Å². The zero-order valence-corrected chi connectivity index (χ0v) is 31.1. The molecule has 0 bridgehead atoms. The molecule has 0 aliphatic carbocycles. The molecule has 0 spiro atoms. The predicted molar refractivity (Wildman–Crippen MR) is 237 cm³/mol. The van der Waals surface area contributed by atoms with Crippen molar-refractivity contribution in [1.82, 2.24) is 23.9 Å². The summed E-state index contributed by atoms with van der Waals surface area (Å²) in [5, 5.41) is 7.55. The van der Waals surface area contributed by atoms with Crippen molar-refractivity contribution in [3.63, 3.8) is 0 Å². The van der Waals surface area contributed by atoms with E-state index in [0.29, 0.717) is 17.5 Å². The van der Waals surface area contributed by atoms with Gasteiger partial charge in [0.2, 0.25) is 0 Å². The van der Waals surface area contributed by atoms with Crippen molar-refractivity contribution in [3.8, 4) is 51.9 Å². The maximum absolute atomic E-state index is 5.58. The van der Waals surface area contributed by atoms with E-state index >= 15 is 0 Å². The highest BCUT2D eigenvalue weighted by molar-refractivity contribution is 6.33. The number of para-hydroxylation sites is 3. The number of hydrogen-bond acceptors (Lipinski definition) is 3. The molecular formula is C52H33N5. The van der Waals surface area contributed by atoms with E-state index in [1.165, 1.54) is 54.4 Å². The van der Waals surface area contributed by atoms with Gasteiger partial charge in [0.15, 0.2) is 17.5 Å². The van der Waals surface area contributed by atoms with Gasteiger partial charge in [0.05, 0.1) is 27.6 Å². The molecular weight excluding hydrogens is 695 g/mol. The highest BCUT2D eigenvalue weighted by Gasteiger charge is 2.23. The van der Waals surface area contributed by atoms with Gasteiger partial charge in [-0.25, -0.2) is 15.0 Å². The van der Waals surface area contributed by atoms with Gasteiger partial charge in [0.25, 0.3) is 0 Å². The van der Waals surface area contributed by atoms with Gasteiger partial charge in [-0.15, -0.1) is 6.42 Å². The molecule has 0 unspecified atom stereocenters. The van der Waals surface area contributed by atoms with Crippen LogP contribution in [0.3, 0.4) is 0 Å². The van der Waals surface area contributed by atoms with Crippen LogP contribution >= 0.6 is 0 Å². The van der Waals surface area contributed by atoms with Crippen molar-refractivity contribution >= 4 is 65.5 Å². The highest BCUT2D eigenvalue weighted by Crippen LogP contribution is 2.45. The van der Waals surface area contributed by atoms with Gasteiger partial charge in [-0.3, -0.25) is 0 Å². The van der Waals surface area contributed by atoms with Crippen LogP contribution in [0.2, 0.25) is 0 Å². The van der Waals surface area contributed by atoms with Gasteiger partial charge in [0.1, 0.15) is 0 Å². The van der Waals surface area contributed by atoms with Crippen LogP contribution in [0.1, 0.15) is 12.7 Å². The summed E-state index contributed by atoms with van der Waals surface area (Å²) >= 11 is 0. The molecule has 0 aliphatic heterocycles. The van der Waals surface area contributed by atoms with E-state index in [1.807, 2.05) is 49.4 Å². The van der Waals surface area contributed by atoms with E-state index in [0.717, 1.165) is 39.0 Å². The van der Waals surface area contributed by atoms with Gasteiger partial charge < -0.3 is 8.97 Å². The van der Waals surface area contributed by atoms with Crippen molar-refractivity contribution < 1.29 is 0 Å². The summed E-state index contributed by atoms with van der Waals surface area (Å²) in [6.07, 6.45) is 11.1. The van der Waals surface area contributed by atoms with Gasteiger partial charge in [0, 0.05) is 54.7 Å². The molecule has 0 amide bonds. The molecule has 0 saturated heterocycles. The Kier molecular flexibility index (Phi) is 7.38. The van der Waals surface area contributed by atoms with Crippen LogP contribution < -0.4 is 0 Å². The molecule has 11 aromatic rings. The van der Waals surface area contributed by atoms with Crippen LogP contribution in [-0.4, -0.2) is 23.9 Å². The van der Waals surface area contributed by atoms with Crippen LogP contribution in [0, 0.1) is 12.3 Å². The Bertz CT molecular complexity index is 3470. The normalized spacial score (nSPS) is 12.3. The number of fused-ring (bicyclic) bond motifs is 10. The molecule has 0 aliphatic rings. The largest absolute Gasteiger partial charge is 0.309 e. The zero-order valence-electron chi connectivity index (χ0n) is 31.1.